The number of piperazine rings is 1. The van der Waals surface area contributed by atoms with Crippen LogP contribution in [0.4, 0.5) is 5.13 Å². The van der Waals surface area contributed by atoms with Crippen molar-refractivity contribution < 1.29 is 9.59 Å². The first-order chi connectivity index (χ1) is 13.5. The van der Waals surface area contributed by atoms with Gasteiger partial charge in [0.15, 0.2) is 5.13 Å². The van der Waals surface area contributed by atoms with Crippen molar-refractivity contribution in [1.29, 1.82) is 0 Å². The van der Waals surface area contributed by atoms with Gasteiger partial charge in [0, 0.05) is 43.0 Å². The zero-order valence-electron chi connectivity index (χ0n) is 16.4. The summed E-state index contributed by atoms with van der Waals surface area (Å²) in [7, 11) is 0. The first kappa shape index (κ1) is 19.1. The van der Waals surface area contributed by atoms with Crippen molar-refractivity contribution in [3.8, 4) is 11.3 Å². The van der Waals surface area contributed by atoms with E-state index < -0.39 is 0 Å². The molecule has 0 radical (unpaired) electrons. The Kier molecular flexibility index (Phi) is 5.46. The number of amides is 2. The molecule has 2 aromatic rings. The first-order valence-corrected chi connectivity index (χ1v) is 10.8. The van der Waals surface area contributed by atoms with Crippen molar-refractivity contribution in [2.45, 2.75) is 32.7 Å². The molecule has 1 aromatic heterocycles. The number of nitrogens with one attached hydrogen (secondary N) is 1. The van der Waals surface area contributed by atoms with Crippen LogP contribution in [0.5, 0.6) is 0 Å². The van der Waals surface area contributed by atoms with E-state index in [-0.39, 0.29) is 17.9 Å². The molecule has 0 bridgehead atoms. The molecule has 2 aliphatic rings. The van der Waals surface area contributed by atoms with Crippen LogP contribution in [0.2, 0.25) is 0 Å². The molecule has 1 atom stereocenters. The SMILES string of the molecule is Cc1ccc(-c2csc(NC(=O)C(C)N3CCN(C(=O)C4CC4)CC3)n2)cc1. The van der Waals surface area contributed by atoms with Crippen LogP contribution in [0.3, 0.4) is 0 Å². The Bertz CT molecular complexity index is 852. The molecular formula is C21H26N4O2S. The monoisotopic (exact) mass is 398 g/mol. The van der Waals surface area contributed by atoms with E-state index in [0.29, 0.717) is 24.1 Å². The number of nitrogens with zero attached hydrogens (tertiary/aromatic N) is 3. The average molecular weight is 399 g/mol. The summed E-state index contributed by atoms with van der Waals surface area (Å²) in [5, 5.41) is 5.53. The van der Waals surface area contributed by atoms with Crippen molar-refractivity contribution in [1.82, 2.24) is 14.8 Å². The van der Waals surface area contributed by atoms with Crippen LogP contribution in [-0.2, 0) is 9.59 Å². The van der Waals surface area contributed by atoms with Crippen LogP contribution in [-0.4, -0.2) is 58.8 Å². The largest absolute Gasteiger partial charge is 0.340 e. The molecule has 6 nitrogen and oxygen atoms in total. The fourth-order valence-electron chi connectivity index (χ4n) is 3.48. The van der Waals surface area contributed by atoms with E-state index in [1.165, 1.54) is 16.9 Å². The summed E-state index contributed by atoms with van der Waals surface area (Å²) in [4.78, 5) is 33.5. The number of aromatic nitrogens is 1. The Balaban J connectivity index is 1.31. The molecule has 2 heterocycles. The van der Waals surface area contributed by atoms with E-state index in [9.17, 15) is 9.59 Å². The molecule has 1 unspecified atom stereocenters. The van der Waals surface area contributed by atoms with E-state index in [2.05, 4.69) is 34.3 Å². The highest BCUT2D eigenvalue weighted by molar-refractivity contribution is 7.14. The Labute approximate surface area is 169 Å². The van der Waals surface area contributed by atoms with Gasteiger partial charge >= 0.3 is 0 Å². The molecule has 1 aromatic carbocycles. The number of benzene rings is 1. The second-order valence-corrected chi connectivity index (χ2v) is 8.56. The maximum atomic E-state index is 12.7. The number of carbonyl (C=O) groups is 2. The van der Waals surface area contributed by atoms with Gasteiger partial charge in [-0.05, 0) is 26.7 Å². The maximum absolute atomic E-state index is 12.7. The molecule has 0 spiro atoms. The van der Waals surface area contributed by atoms with Gasteiger partial charge in [-0.3, -0.25) is 14.5 Å². The lowest BCUT2D eigenvalue weighted by atomic mass is 10.1. The van der Waals surface area contributed by atoms with Gasteiger partial charge in [-0.15, -0.1) is 11.3 Å². The molecule has 1 saturated heterocycles. The molecule has 4 rings (SSSR count). The van der Waals surface area contributed by atoms with E-state index in [4.69, 9.17) is 0 Å². The minimum atomic E-state index is -0.245. The van der Waals surface area contributed by atoms with E-state index in [1.807, 2.05) is 29.3 Å². The Morgan fingerprint density at radius 1 is 1.14 bits per heavy atom. The van der Waals surface area contributed by atoms with Crippen LogP contribution in [0.25, 0.3) is 11.3 Å². The number of carbonyl (C=O) groups excluding carboxylic acids is 2. The van der Waals surface area contributed by atoms with E-state index in [1.54, 1.807) is 0 Å². The maximum Gasteiger partial charge on any atom is 0.243 e. The number of hydrogen-bond acceptors (Lipinski definition) is 5. The summed E-state index contributed by atoms with van der Waals surface area (Å²) in [6.45, 7) is 6.87. The number of aryl methyl sites for hydroxylation is 1. The van der Waals surface area contributed by atoms with Crippen molar-refractivity contribution in [2.75, 3.05) is 31.5 Å². The summed E-state index contributed by atoms with van der Waals surface area (Å²) >= 11 is 1.44. The molecule has 148 valence electrons. The highest BCUT2D eigenvalue weighted by atomic mass is 32.1. The summed E-state index contributed by atoms with van der Waals surface area (Å²) in [5.74, 6) is 0.509. The van der Waals surface area contributed by atoms with Gasteiger partial charge in [-0.25, -0.2) is 4.98 Å². The van der Waals surface area contributed by atoms with Crippen molar-refractivity contribution in [3.63, 3.8) is 0 Å². The van der Waals surface area contributed by atoms with Crippen molar-refractivity contribution in [3.05, 3.63) is 35.2 Å². The minimum Gasteiger partial charge on any atom is -0.340 e. The fourth-order valence-corrected chi connectivity index (χ4v) is 4.20. The van der Waals surface area contributed by atoms with Crippen molar-refractivity contribution in [2.24, 2.45) is 5.92 Å². The average Bonchev–Trinajstić information content (AvgIpc) is 3.47. The molecule has 28 heavy (non-hydrogen) atoms. The van der Waals surface area contributed by atoms with E-state index in [0.717, 1.165) is 37.2 Å². The third kappa shape index (κ3) is 4.25. The molecule has 2 fully saturated rings. The van der Waals surface area contributed by atoms with Crippen LogP contribution >= 0.6 is 11.3 Å². The Hall–Kier alpha value is -2.25. The number of hydrogen-bond donors (Lipinski definition) is 1. The fraction of sp³-hybridized carbons (Fsp3) is 0.476. The van der Waals surface area contributed by atoms with Gasteiger partial charge < -0.3 is 10.2 Å². The summed E-state index contributed by atoms with van der Waals surface area (Å²) < 4.78 is 0. The number of rotatable bonds is 5. The normalized spacial score (nSPS) is 18.7. The minimum absolute atomic E-state index is 0.0493. The Morgan fingerprint density at radius 3 is 2.46 bits per heavy atom. The van der Waals surface area contributed by atoms with E-state index >= 15 is 0 Å². The highest BCUT2D eigenvalue weighted by Crippen LogP contribution is 2.31. The lowest BCUT2D eigenvalue weighted by Gasteiger charge is -2.37. The summed E-state index contributed by atoms with van der Waals surface area (Å²) in [6, 6.07) is 7.96. The van der Waals surface area contributed by atoms with Crippen LogP contribution in [0.15, 0.2) is 29.6 Å². The zero-order valence-corrected chi connectivity index (χ0v) is 17.2. The molecule has 2 amide bonds. The predicted octanol–water partition coefficient (Wildman–Crippen LogP) is 3.00. The van der Waals surface area contributed by atoms with Gasteiger partial charge in [-0.2, -0.15) is 0 Å². The quantitative estimate of drug-likeness (QED) is 0.841. The first-order valence-electron chi connectivity index (χ1n) is 9.87. The predicted molar refractivity (Wildman–Crippen MR) is 111 cm³/mol. The Morgan fingerprint density at radius 2 is 1.82 bits per heavy atom. The molecule has 1 aliphatic heterocycles. The van der Waals surface area contributed by atoms with Crippen LogP contribution in [0, 0.1) is 12.8 Å². The lowest BCUT2D eigenvalue weighted by molar-refractivity contribution is -0.135. The van der Waals surface area contributed by atoms with Gasteiger partial charge in [-0.1, -0.05) is 29.8 Å². The number of thiazole rings is 1. The lowest BCUT2D eigenvalue weighted by Crippen LogP contribution is -2.54. The smallest absolute Gasteiger partial charge is 0.243 e. The standard InChI is InChI=1S/C21H26N4O2S/c1-14-3-5-16(6-4-14)18-13-28-21(22-18)23-19(26)15(2)24-9-11-25(12-10-24)20(27)17-7-8-17/h3-6,13,15,17H,7-12H2,1-2H3,(H,22,23,26). The molecule has 1 aliphatic carbocycles. The molecule has 1 N–H and O–H groups in total. The summed E-state index contributed by atoms with van der Waals surface area (Å²) in [5.41, 5.74) is 3.13. The molecule has 7 heteroatoms. The topological polar surface area (TPSA) is 65.5 Å². The van der Waals surface area contributed by atoms with Gasteiger partial charge in [0.2, 0.25) is 11.8 Å². The van der Waals surface area contributed by atoms with Crippen LogP contribution in [0.1, 0.15) is 25.3 Å². The molecule has 1 saturated carbocycles. The highest BCUT2D eigenvalue weighted by Gasteiger charge is 2.35. The number of anilines is 1. The molecular weight excluding hydrogens is 372 g/mol. The third-order valence-electron chi connectivity index (χ3n) is 5.56. The van der Waals surface area contributed by atoms with Crippen LogP contribution < -0.4 is 5.32 Å². The second kappa shape index (κ2) is 8.01. The zero-order chi connectivity index (χ0) is 19.7. The van der Waals surface area contributed by atoms with Gasteiger partial charge in [0.25, 0.3) is 0 Å². The summed E-state index contributed by atoms with van der Waals surface area (Å²) in [6.07, 6.45) is 2.08. The van der Waals surface area contributed by atoms with Crippen molar-refractivity contribution >= 4 is 28.3 Å². The second-order valence-electron chi connectivity index (χ2n) is 7.70. The third-order valence-corrected chi connectivity index (χ3v) is 6.32. The van der Waals surface area contributed by atoms with Gasteiger partial charge in [0.1, 0.15) is 0 Å². The van der Waals surface area contributed by atoms with Gasteiger partial charge in [0.05, 0.1) is 11.7 Å².